The molecule has 0 amide bonds. The summed E-state index contributed by atoms with van der Waals surface area (Å²) in [7, 11) is 1.55. The van der Waals surface area contributed by atoms with Gasteiger partial charge in [-0.15, -0.1) is 0 Å². The second-order valence-electron chi connectivity index (χ2n) is 5.81. The maximum absolute atomic E-state index is 12.7. The second kappa shape index (κ2) is 6.05. The number of rotatable bonds is 3. The number of nitrogens with two attached hydrogens (primary N) is 1. The lowest BCUT2D eigenvalue weighted by atomic mass is 9.74. The molecule has 2 nitrogen and oxygen atoms in total. The highest BCUT2D eigenvalue weighted by molar-refractivity contribution is 6.30. The molecule has 0 heterocycles. The molecule has 6 heteroatoms. The molecular weight excluding hydrogens is 303 g/mol. The number of halogens is 4. The third kappa shape index (κ3) is 4.04. The smallest absolute Gasteiger partial charge is 0.391 e. The average Bonchev–Trinajstić information content (AvgIpc) is 2.38. The van der Waals surface area contributed by atoms with Gasteiger partial charge >= 0.3 is 6.18 Å². The van der Waals surface area contributed by atoms with Gasteiger partial charge in [0.1, 0.15) is 5.75 Å². The summed E-state index contributed by atoms with van der Waals surface area (Å²) in [5, 5.41) is 0.568. The first-order chi connectivity index (χ1) is 9.73. The van der Waals surface area contributed by atoms with Crippen molar-refractivity contribution in [1.29, 1.82) is 0 Å². The standard InChI is InChI=1S/C15H19ClF3NO/c1-21-13-3-2-12(16)8-10(13)9-14(20)6-4-11(5-7-14)15(17,18)19/h2-3,8,11H,4-7,9,20H2,1H3. The second-order valence-corrected chi connectivity index (χ2v) is 6.25. The van der Waals surface area contributed by atoms with E-state index in [1.165, 1.54) is 0 Å². The maximum Gasteiger partial charge on any atom is 0.391 e. The predicted octanol–water partition coefficient (Wildman–Crippen LogP) is 4.34. The summed E-state index contributed by atoms with van der Waals surface area (Å²) in [5.74, 6) is -0.558. The minimum Gasteiger partial charge on any atom is -0.496 e. The molecule has 1 saturated carbocycles. The average molecular weight is 322 g/mol. The van der Waals surface area contributed by atoms with Crippen LogP contribution in [-0.2, 0) is 6.42 Å². The molecule has 0 radical (unpaired) electrons. The van der Waals surface area contributed by atoms with E-state index in [1.807, 2.05) is 0 Å². The lowest BCUT2D eigenvalue weighted by molar-refractivity contribution is -0.184. The van der Waals surface area contributed by atoms with Crippen LogP contribution in [0.25, 0.3) is 0 Å². The van der Waals surface area contributed by atoms with Gasteiger partial charge in [0.2, 0.25) is 0 Å². The summed E-state index contributed by atoms with van der Waals surface area (Å²) in [6.45, 7) is 0. The monoisotopic (exact) mass is 321 g/mol. The summed E-state index contributed by atoms with van der Waals surface area (Å²) in [6.07, 6.45) is -2.76. The summed E-state index contributed by atoms with van der Waals surface area (Å²) < 4.78 is 43.4. The van der Waals surface area contributed by atoms with Gasteiger partial charge in [-0.25, -0.2) is 0 Å². The van der Waals surface area contributed by atoms with Crippen LogP contribution in [0.5, 0.6) is 5.75 Å². The van der Waals surface area contributed by atoms with Crippen molar-refractivity contribution < 1.29 is 17.9 Å². The third-order valence-corrected chi connectivity index (χ3v) is 4.46. The number of methoxy groups -OCH3 is 1. The van der Waals surface area contributed by atoms with Crippen LogP contribution < -0.4 is 10.5 Å². The summed E-state index contributed by atoms with van der Waals surface area (Å²) >= 11 is 5.97. The topological polar surface area (TPSA) is 35.2 Å². The van der Waals surface area contributed by atoms with Crippen LogP contribution in [0.1, 0.15) is 31.2 Å². The molecule has 0 aromatic heterocycles. The Morgan fingerprint density at radius 1 is 1.33 bits per heavy atom. The highest BCUT2D eigenvalue weighted by Gasteiger charge is 2.44. The minimum atomic E-state index is -4.12. The first kappa shape index (κ1) is 16.4. The summed E-state index contributed by atoms with van der Waals surface area (Å²) in [4.78, 5) is 0. The largest absolute Gasteiger partial charge is 0.496 e. The zero-order valence-electron chi connectivity index (χ0n) is 11.8. The fraction of sp³-hybridized carbons (Fsp3) is 0.600. The Labute approximate surface area is 127 Å². The Morgan fingerprint density at radius 2 is 1.95 bits per heavy atom. The molecule has 21 heavy (non-hydrogen) atoms. The van der Waals surface area contributed by atoms with Crippen molar-refractivity contribution in [2.24, 2.45) is 11.7 Å². The van der Waals surface area contributed by atoms with E-state index in [1.54, 1.807) is 25.3 Å². The zero-order chi connectivity index (χ0) is 15.7. The summed E-state index contributed by atoms with van der Waals surface area (Å²) in [5.41, 5.74) is 6.52. The van der Waals surface area contributed by atoms with Crippen LogP contribution in [0.2, 0.25) is 5.02 Å². The zero-order valence-corrected chi connectivity index (χ0v) is 12.6. The number of hydrogen-bond acceptors (Lipinski definition) is 2. The molecule has 1 aliphatic rings. The number of alkyl halides is 3. The molecule has 0 unspecified atom stereocenters. The van der Waals surface area contributed by atoms with Gasteiger partial charge in [0, 0.05) is 10.6 Å². The van der Waals surface area contributed by atoms with Crippen LogP contribution in [0.15, 0.2) is 18.2 Å². The normalized spacial score (nSPS) is 26.7. The Hall–Kier alpha value is -0.940. The molecule has 2 rings (SSSR count). The van der Waals surface area contributed by atoms with Gasteiger partial charge in [0.05, 0.1) is 13.0 Å². The molecule has 1 aromatic rings. The van der Waals surface area contributed by atoms with Gasteiger partial charge in [-0.2, -0.15) is 13.2 Å². The van der Waals surface area contributed by atoms with Crippen molar-refractivity contribution in [3.63, 3.8) is 0 Å². The molecule has 1 aliphatic carbocycles. The van der Waals surface area contributed by atoms with Crippen LogP contribution in [0, 0.1) is 5.92 Å². The van der Waals surface area contributed by atoms with Crippen molar-refractivity contribution in [3.8, 4) is 5.75 Å². The molecule has 1 aromatic carbocycles. The fourth-order valence-electron chi connectivity index (χ4n) is 2.96. The van der Waals surface area contributed by atoms with E-state index in [9.17, 15) is 13.2 Å². The van der Waals surface area contributed by atoms with Gasteiger partial charge in [-0.3, -0.25) is 0 Å². The maximum atomic E-state index is 12.7. The van der Waals surface area contributed by atoms with E-state index >= 15 is 0 Å². The molecule has 1 fully saturated rings. The lowest BCUT2D eigenvalue weighted by Gasteiger charge is -2.38. The van der Waals surface area contributed by atoms with Crippen molar-refractivity contribution in [2.45, 2.75) is 43.8 Å². The van der Waals surface area contributed by atoms with E-state index in [4.69, 9.17) is 22.1 Å². The van der Waals surface area contributed by atoms with Crippen LogP contribution >= 0.6 is 11.6 Å². The van der Waals surface area contributed by atoms with Crippen LogP contribution in [0.3, 0.4) is 0 Å². The SMILES string of the molecule is COc1ccc(Cl)cc1CC1(N)CCC(C(F)(F)F)CC1. The molecule has 0 saturated heterocycles. The lowest BCUT2D eigenvalue weighted by Crippen LogP contribution is -2.47. The number of benzene rings is 1. The van der Waals surface area contributed by atoms with Gasteiger partial charge in [-0.1, -0.05) is 11.6 Å². The van der Waals surface area contributed by atoms with Crippen LogP contribution in [-0.4, -0.2) is 18.8 Å². The minimum absolute atomic E-state index is 0.0862. The van der Waals surface area contributed by atoms with Gasteiger partial charge in [0.15, 0.2) is 0 Å². The van der Waals surface area contributed by atoms with Gasteiger partial charge in [-0.05, 0) is 55.9 Å². The van der Waals surface area contributed by atoms with E-state index in [2.05, 4.69) is 0 Å². The number of hydrogen-bond donors (Lipinski definition) is 1. The van der Waals surface area contributed by atoms with Crippen molar-refractivity contribution in [1.82, 2.24) is 0 Å². The molecule has 0 aliphatic heterocycles. The number of ether oxygens (including phenoxy) is 1. The molecule has 0 spiro atoms. The van der Waals surface area contributed by atoms with Crippen molar-refractivity contribution >= 4 is 11.6 Å². The molecule has 0 bridgehead atoms. The highest BCUT2D eigenvalue weighted by Crippen LogP contribution is 2.42. The Kier molecular flexibility index (Phi) is 4.73. The Morgan fingerprint density at radius 3 is 2.48 bits per heavy atom. The Balaban J connectivity index is 2.08. The fourth-order valence-corrected chi connectivity index (χ4v) is 3.16. The molecule has 118 valence electrons. The van der Waals surface area contributed by atoms with E-state index in [0.29, 0.717) is 30.0 Å². The Bertz CT molecular complexity index is 496. The third-order valence-electron chi connectivity index (χ3n) is 4.23. The first-order valence-electron chi connectivity index (χ1n) is 6.91. The van der Waals surface area contributed by atoms with E-state index in [-0.39, 0.29) is 12.8 Å². The summed E-state index contributed by atoms with van der Waals surface area (Å²) in [6, 6.07) is 5.24. The van der Waals surface area contributed by atoms with Gasteiger partial charge < -0.3 is 10.5 Å². The molecular formula is C15H19ClF3NO. The quantitative estimate of drug-likeness (QED) is 0.898. The van der Waals surface area contributed by atoms with Crippen molar-refractivity contribution in [2.75, 3.05) is 7.11 Å². The predicted molar refractivity (Wildman–Crippen MR) is 76.6 cm³/mol. The van der Waals surface area contributed by atoms with Gasteiger partial charge in [0.25, 0.3) is 0 Å². The van der Waals surface area contributed by atoms with E-state index < -0.39 is 17.6 Å². The highest BCUT2D eigenvalue weighted by atomic mass is 35.5. The van der Waals surface area contributed by atoms with Crippen molar-refractivity contribution in [3.05, 3.63) is 28.8 Å². The van der Waals surface area contributed by atoms with Crippen LogP contribution in [0.4, 0.5) is 13.2 Å². The molecule has 2 N–H and O–H groups in total. The molecule has 0 atom stereocenters. The first-order valence-corrected chi connectivity index (χ1v) is 7.29. The van der Waals surface area contributed by atoms with E-state index in [0.717, 1.165) is 5.56 Å².